The molecule has 0 spiro atoms. The van der Waals surface area contributed by atoms with Crippen molar-refractivity contribution < 1.29 is 4.74 Å². The Morgan fingerprint density at radius 1 is 1.00 bits per heavy atom. The van der Waals surface area contributed by atoms with Crippen molar-refractivity contribution in [3.05, 3.63) is 93.1 Å². The van der Waals surface area contributed by atoms with Gasteiger partial charge in [-0.25, -0.2) is 4.98 Å². The molecule has 6 rings (SSSR count). The zero-order valence-electron chi connectivity index (χ0n) is 18.9. The predicted molar refractivity (Wildman–Crippen MR) is 142 cm³/mol. The highest BCUT2D eigenvalue weighted by Crippen LogP contribution is 2.36. The number of ether oxygens (including phenoxy) is 1. The molecular weight excluding hydrogens is 460 g/mol. The number of thiophene rings is 1. The van der Waals surface area contributed by atoms with Gasteiger partial charge in [-0.1, -0.05) is 54.2 Å². The summed E-state index contributed by atoms with van der Waals surface area (Å²) in [6, 6.07) is 22.5. The van der Waals surface area contributed by atoms with Crippen molar-refractivity contribution in [1.29, 1.82) is 0 Å². The highest BCUT2D eigenvalue weighted by molar-refractivity contribution is 7.98. The number of thioether (sulfide) groups is 1. The topological polar surface area (TPSA) is 44.1 Å². The van der Waals surface area contributed by atoms with Crippen molar-refractivity contribution in [1.82, 2.24) is 9.55 Å². The maximum absolute atomic E-state index is 13.9. The number of hydrogen-bond acceptors (Lipinski definition) is 5. The molecule has 1 aliphatic rings. The van der Waals surface area contributed by atoms with Gasteiger partial charge in [0.2, 0.25) is 0 Å². The molecule has 0 aliphatic heterocycles. The maximum atomic E-state index is 13.9. The number of benzene rings is 3. The Morgan fingerprint density at radius 2 is 1.79 bits per heavy atom. The molecule has 34 heavy (non-hydrogen) atoms. The molecule has 0 atom stereocenters. The fourth-order valence-corrected chi connectivity index (χ4v) is 7.12. The number of fused-ring (bicyclic) bond motifs is 4. The van der Waals surface area contributed by atoms with Crippen LogP contribution in [-0.2, 0) is 18.6 Å². The van der Waals surface area contributed by atoms with Crippen LogP contribution in [0.5, 0.6) is 5.75 Å². The van der Waals surface area contributed by atoms with Crippen LogP contribution in [0, 0.1) is 0 Å². The molecule has 0 saturated heterocycles. The van der Waals surface area contributed by atoms with E-state index in [2.05, 4.69) is 42.5 Å². The summed E-state index contributed by atoms with van der Waals surface area (Å²) in [5, 5.41) is 4.00. The Labute approximate surface area is 206 Å². The Hall–Kier alpha value is -3.09. The molecule has 2 aromatic heterocycles. The van der Waals surface area contributed by atoms with Crippen molar-refractivity contribution in [2.45, 2.75) is 36.6 Å². The van der Waals surface area contributed by atoms with Gasteiger partial charge in [0.1, 0.15) is 10.6 Å². The maximum Gasteiger partial charge on any atom is 0.267 e. The molecule has 0 bridgehead atoms. The normalized spacial score (nSPS) is 13.3. The molecular formula is C28H24N2O2S2. The highest BCUT2D eigenvalue weighted by Gasteiger charge is 2.23. The van der Waals surface area contributed by atoms with Gasteiger partial charge in [0, 0.05) is 10.6 Å². The van der Waals surface area contributed by atoms with E-state index in [0.29, 0.717) is 0 Å². The predicted octanol–water partition coefficient (Wildman–Crippen LogP) is 6.78. The van der Waals surface area contributed by atoms with E-state index in [1.807, 2.05) is 24.3 Å². The molecule has 0 radical (unpaired) electrons. The first-order valence-corrected chi connectivity index (χ1v) is 13.3. The Kier molecular flexibility index (Phi) is 5.63. The summed E-state index contributed by atoms with van der Waals surface area (Å²) in [6.45, 7) is 0. The molecule has 0 unspecified atom stereocenters. The average molecular weight is 485 g/mol. The second-order valence-corrected chi connectivity index (χ2v) is 10.6. The van der Waals surface area contributed by atoms with Crippen molar-refractivity contribution >= 4 is 44.1 Å². The van der Waals surface area contributed by atoms with E-state index in [-0.39, 0.29) is 5.56 Å². The van der Waals surface area contributed by atoms with Crippen molar-refractivity contribution in [2.75, 3.05) is 7.11 Å². The van der Waals surface area contributed by atoms with Crippen LogP contribution < -0.4 is 10.3 Å². The van der Waals surface area contributed by atoms with E-state index in [9.17, 15) is 4.79 Å². The number of hydrogen-bond donors (Lipinski definition) is 0. The Bertz CT molecular complexity index is 1560. The van der Waals surface area contributed by atoms with Gasteiger partial charge < -0.3 is 4.74 Å². The van der Waals surface area contributed by atoms with E-state index in [4.69, 9.17) is 9.72 Å². The van der Waals surface area contributed by atoms with Crippen LogP contribution in [-0.4, -0.2) is 16.7 Å². The lowest BCUT2D eigenvalue weighted by atomic mass is 9.97. The number of methoxy groups -OCH3 is 1. The van der Waals surface area contributed by atoms with Crippen molar-refractivity contribution in [3.8, 4) is 11.4 Å². The summed E-state index contributed by atoms with van der Waals surface area (Å²) >= 11 is 3.33. The van der Waals surface area contributed by atoms with Gasteiger partial charge in [-0.05, 0) is 71.8 Å². The summed E-state index contributed by atoms with van der Waals surface area (Å²) in [6.07, 6.45) is 4.35. The van der Waals surface area contributed by atoms with E-state index in [0.717, 1.165) is 51.8 Å². The SMILES string of the molecule is COc1ccc(-n2c(SCc3cccc4ccccc34)nc3sc4c(c3c2=O)CCCC4)cc1. The second kappa shape index (κ2) is 8.93. The molecule has 0 saturated carbocycles. The monoisotopic (exact) mass is 484 g/mol. The average Bonchev–Trinajstić information content (AvgIpc) is 3.26. The van der Waals surface area contributed by atoms with Crippen molar-refractivity contribution in [3.63, 3.8) is 0 Å². The van der Waals surface area contributed by atoms with Crippen molar-refractivity contribution in [2.24, 2.45) is 0 Å². The van der Waals surface area contributed by atoms with Crippen LogP contribution in [0.25, 0.3) is 26.7 Å². The lowest BCUT2D eigenvalue weighted by Crippen LogP contribution is -2.22. The van der Waals surface area contributed by atoms with E-state index < -0.39 is 0 Å². The third-order valence-electron chi connectivity index (χ3n) is 6.53. The minimum absolute atomic E-state index is 0.0370. The third-order valence-corrected chi connectivity index (χ3v) is 8.70. The smallest absolute Gasteiger partial charge is 0.267 e. The number of aryl methyl sites for hydroxylation is 2. The first-order chi connectivity index (χ1) is 16.7. The molecule has 0 N–H and O–H groups in total. The van der Waals surface area contributed by atoms with Gasteiger partial charge in [-0.3, -0.25) is 9.36 Å². The minimum Gasteiger partial charge on any atom is -0.497 e. The second-order valence-electron chi connectivity index (χ2n) is 8.55. The molecule has 3 aromatic carbocycles. The summed E-state index contributed by atoms with van der Waals surface area (Å²) < 4.78 is 7.13. The number of rotatable bonds is 5. The van der Waals surface area contributed by atoms with Gasteiger partial charge in [0.05, 0.1) is 18.2 Å². The van der Waals surface area contributed by atoms with Gasteiger partial charge in [0.15, 0.2) is 5.16 Å². The van der Waals surface area contributed by atoms with E-state index in [1.165, 1.54) is 33.2 Å². The zero-order valence-corrected chi connectivity index (χ0v) is 20.5. The molecule has 6 heteroatoms. The van der Waals surface area contributed by atoms with E-state index in [1.54, 1.807) is 34.8 Å². The summed E-state index contributed by atoms with van der Waals surface area (Å²) in [4.78, 5) is 21.2. The largest absolute Gasteiger partial charge is 0.497 e. The van der Waals surface area contributed by atoms with Crippen LogP contribution in [0.15, 0.2) is 76.7 Å². The lowest BCUT2D eigenvalue weighted by molar-refractivity contribution is 0.414. The summed E-state index contributed by atoms with van der Waals surface area (Å²) in [7, 11) is 1.65. The quantitative estimate of drug-likeness (QED) is 0.204. The zero-order chi connectivity index (χ0) is 23.1. The molecule has 170 valence electrons. The van der Waals surface area contributed by atoms with E-state index >= 15 is 0 Å². The summed E-state index contributed by atoms with van der Waals surface area (Å²) in [5.74, 6) is 1.50. The highest BCUT2D eigenvalue weighted by atomic mass is 32.2. The fourth-order valence-electron chi connectivity index (χ4n) is 4.80. The molecule has 4 nitrogen and oxygen atoms in total. The van der Waals surface area contributed by atoms with Gasteiger partial charge in [-0.2, -0.15) is 0 Å². The van der Waals surface area contributed by atoms with Crippen LogP contribution >= 0.6 is 23.1 Å². The number of aromatic nitrogens is 2. The summed E-state index contributed by atoms with van der Waals surface area (Å²) in [5.41, 5.74) is 3.31. The Balaban J connectivity index is 1.49. The first kappa shape index (κ1) is 21.4. The first-order valence-electron chi connectivity index (χ1n) is 11.5. The van der Waals surface area contributed by atoms with Gasteiger partial charge in [-0.15, -0.1) is 11.3 Å². The van der Waals surface area contributed by atoms with Gasteiger partial charge in [0.25, 0.3) is 5.56 Å². The minimum atomic E-state index is 0.0370. The molecule has 5 aromatic rings. The third kappa shape index (κ3) is 3.71. The van der Waals surface area contributed by atoms with Gasteiger partial charge >= 0.3 is 0 Å². The molecule has 1 aliphatic carbocycles. The van der Waals surface area contributed by atoms with Crippen LogP contribution in [0.3, 0.4) is 0 Å². The molecule has 0 fully saturated rings. The fraction of sp³-hybridized carbons (Fsp3) is 0.214. The molecule has 2 heterocycles. The van der Waals surface area contributed by atoms with Crippen LogP contribution in [0.1, 0.15) is 28.8 Å². The lowest BCUT2D eigenvalue weighted by Gasteiger charge is -2.14. The van der Waals surface area contributed by atoms with Crippen LogP contribution in [0.4, 0.5) is 0 Å². The standard InChI is InChI=1S/C28H24N2O2S2/c1-32-21-15-13-20(14-16-21)30-27(31)25-23-11-4-5-12-24(23)34-26(25)29-28(30)33-17-19-9-6-8-18-7-2-3-10-22(18)19/h2-3,6-10,13-16H,4-5,11-12,17H2,1H3. The molecule has 0 amide bonds. The Morgan fingerprint density at radius 3 is 2.65 bits per heavy atom. The van der Waals surface area contributed by atoms with Crippen LogP contribution in [0.2, 0.25) is 0 Å². The number of nitrogens with zero attached hydrogens (tertiary/aromatic N) is 2.